The molecule has 49 heavy (non-hydrogen) atoms. The number of benzene rings is 2. The van der Waals surface area contributed by atoms with Crippen molar-refractivity contribution in [2.24, 2.45) is 4.99 Å². The Morgan fingerprint density at radius 1 is 0.959 bits per heavy atom. The zero-order chi connectivity index (χ0) is 35.1. The van der Waals surface area contributed by atoms with Gasteiger partial charge in [0, 0.05) is 47.3 Å². The SMILES string of the molecule is CCOc1nc(C(C)(C)C)ncc1C1=N[C@@](C)(c2ccc(Cl)cc2)[C@@](C)(c2ccc(Cl)cc2)N1C(=O)N1CCC(N2CCCC(O)C2)CC1. The largest absolute Gasteiger partial charge is 0.477 e. The number of amides is 2. The molecule has 3 atom stereocenters. The molecule has 1 N–H and O–H groups in total. The van der Waals surface area contributed by atoms with Crippen LogP contribution in [0.4, 0.5) is 4.79 Å². The Balaban J connectivity index is 1.49. The third-order valence-electron chi connectivity index (χ3n) is 10.6. The number of halogens is 2. The van der Waals surface area contributed by atoms with Crippen LogP contribution in [-0.2, 0) is 16.5 Å². The van der Waals surface area contributed by atoms with E-state index in [-0.39, 0.29) is 17.6 Å². The normalized spacial score (nSPS) is 25.4. The van der Waals surface area contributed by atoms with Gasteiger partial charge < -0.3 is 14.7 Å². The van der Waals surface area contributed by atoms with E-state index in [1.807, 2.05) is 65.3 Å². The van der Waals surface area contributed by atoms with E-state index in [2.05, 4.69) is 39.5 Å². The lowest BCUT2D eigenvalue weighted by Gasteiger charge is -2.48. The molecule has 1 aromatic heterocycles. The zero-order valence-electron chi connectivity index (χ0n) is 29.4. The number of nitrogens with zero attached hydrogens (tertiary/aromatic N) is 6. The Labute approximate surface area is 300 Å². The third-order valence-corrected chi connectivity index (χ3v) is 11.1. The average Bonchev–Trinajstić information content (AvgIpc) is 3.32. The van der Waals surface area contributed by atoms with Crippen LogP contribution >= 0.6 is 23.2 Å². The molecule has 3 aliphatic rings. The highest BCUT2D eigenvalue weighted by Crippen LogP contribution is 2.54. The number of amidine groups is 1. The molecule has 11 heteroatoms. The maximum Gasteiger partial charge on any atom is 0.326 e. The van der Waals surface area contributed by atoms with Crippen LogP contribution in [0.25, 0.3) is 0 Å². The Kier molecular flexibility index (Phi) is 10.0. The monoisotopic (exact) mass is 706 g/mol. The number of carbonyl (C=O) groups excluding carboxylic acids is 1. The van der Waals surface area contributed by atoms with Gasteiger partial charge in [-0.3, -0.25) is 14.8 Å². The molecule has 0 bridgehead atoms. The number of ether oxygens (including phenoxy) is 1. The van der Waals surface area contributed by atoms with E-state index < -0.39 is 11.1 Å². The van der Waals surface area contributed by atoms with Crippen molar-refractivity contribution >= 4 is 35.1 Å². The fraction of sp³-hybridized carbons (Fsp3) is 0.526. The van der Waals surface area contributed by atoms with Crippen molar-refractivity contribution in [1.29, 1.82) is 0 Å². The van der Waals surface area contributed by atoms with Gasteiger partial charge in [-0.05, 0) is 88.4 Å². The van der Waals surface area contributed by atoms with Crippen molar-refractivity contribution in [1.82, 2.24) is 24.7 Å². The van der Waals surface area contributed by atoms with Crippen molar-refractivity contribution in [2.75, 3.05) is 32.8 Å². The van der Waals surface area contributed by atoms with Crippen LogP contribution in [0.15, 0.2) is 59.7 Å². The number of hydrogen-bond donors (Lipinski definition) is 1. The molecule has 9 nitrogen and oxygen atoms in total. The lowest BCUT2D eigenvalue weighted by atomic mass is 9.71. The summed E-state index contributed by atoms with van der Waals surface area (Å²) < 4.78 is 6.18. The minimum atomic E-state index is -1.02. The first-order chi connectivity index (χ1) is 23.3. The molecule has 1 unspecified atom stereocenters. The van der Waals surface area contributed by atoms with Crippen molar-refractivity contribution < 1.29 is 14.6 Å². The Bertz CT molecular complexity index is 1690. The van der Waals surface area contributed by atoms with Gasteiger partial charge in [-0.1, -0.05) is 68.2 Å². The van der Waals surface area contributed by atoms with Gasteiger partial charge >= 0.3 is 6.03 Å². The molecule has 0 aliphatic carbocycles. The van der Waals surface area contributed by atoms with Crippen LogP contribution in [0.1, 0.15) is 89.7 Å². The first kappa shape index (κ1) is 35.6. The standard InChI is InChI=1S/C38H48Cl2N6O3/c1-7-49-33-31(23-41-34(42-33)36(2,3)4)32-43-37(5,25-10-14-27(39)15-11-25)38(6,26-12-16-28(40)17-13-26)46(32)35(48)44-21-18-29(19-22-44)45-20-8-9-30(47)24-45/h10-17,23,29-30,47H,7-9,18-22,24H2,1-6H3/t30?,37-,38+/m0/s1. The van der Waals surface area contributed by atoms with Gasteiger partial charge in [-0.2, -0.15) is 4.98 Å². The molecule has 3 aliphatic heterocycles. The lowest BCUT2D eigenvalue weighted by Crippen LogP contribution is -2.60. The number of urea groups is 1. The molecule has 2 aromatic carbocycles. The van der Waals surface area contributed by atoms with E-state index in [4.69, 9.17) is 42.9 Å². The minimum Gasteiger partial charge on any atom is -0.477 e. The van der Waals surface area contributed by atoms with Crippen LogP contribution in [0, 0.1) is 0 Å². The van der Waals surface area contributed by atoms with Crippen LogP contribution in [-0.4, -0.2) is 86.6 Å². The maximum absolute atomic E-state index is 15.2. The summed E-state index contributed by atoms with van der Waals surface area (Å²) >= 11 is 12.8. The van der Waals surface area contributed by atoms with Crippen molar-refractivity contribution in [3.63, 3.8) is 0 Å². The number of hydrogen-bond acceptors (Lipinski definition) is 7. The number of likely N-dealkylation sites (tertiary alicyclic amines) is 2. The Morgan fingerprint density at radius 3 is 2.14 bits per heavy atom. The predicted molar refractivity (Wildman–Crippen MR) is 195 cm³/mol. The smallest absolute Gasteiger partial charge is 0.326 e. The van der Waals surface area contributed by atoms with E-state index in [1.54, 1.807) is 6.20 Å². The quantitative estimate of drug-likeness (QED) is 0.287. The summed E-state index contributed by atoms with van der Waals surface area (Å²) in [6, 6.07) is 15.5. The van der Waals surface area contributed by atoms with Gasteiger partial charge in [0.1, 0.15) is 22.7 Å². The van der Waals surface area contributed by atoms with Crippen molar-refractivity contribution in [3.05, 3.63) is 87.3 Å². The third kappa shape index (κ3) is 6.67. The molecule has 262 valence electrons. The highest BCUT2D eigenvalue weighted by atomic mass is 35.5. The van der Waals surface area contributed by atoms with E-state index in [0.29, 0.717) is 65.4 Å². The maximum atomic E-state index is 15.2. The molecule has 2 saturated heterocycles. The second-order valence-corrected chi connectivity index (χ2v) is 15.7. The number of aliphatic imine (C=N–C) groups is 1. The van der Waals surface area contributed by atoms with Crippen LogP contribution in [0.5, 0.6) is 5.88 Å². The fourth-order valence-corrected chi connectivity index (χ4v) is 7.83. The van der Waals surface area contributed by atoms with E-state index in [9.17, 15) is 5.11 Å². The van der Waals surface area contributed by atoms with Crippen LogP contribution in [0.3, 0.4) is 0 Å². The second-order valence-electron chi connectivity index (χ2n) is 14.8. The van der Waals surface area contributed by atoms with Gasteiger partial charge in [0.05, 0.1) is 18.3 Å². The molecule has 2 amide bonds. The highest BCUT2D eigenvalue weighted by Gasteiger charge is 2.60. The van der Waals surface area contributed by atoms with E-state index in [0.717, 1.165) is 43.4 Å². The first-order valence-corrected chi connectivity index (χ1v) is 18.2. The van der Waals surface area contributed by atoms with Gasteiger partial charge in [-0.25, -0.2) is 9.78 Å². The lowest BCUT2D eigenvalue weighted by molar-refractivity contribution is 0.0256. The summed E-state index contributed by atoms with van der Waals surface area (Å²) in [5.74, 6) is 1.48. The number of aliphatic hydroxyl groups excluding tert-OH is 1. The highest BCUT2D eigenvalue weighted by molar-refractivity contribution is 6.30. The molecule has 2 fully saturated rings. The number of β-amino-alcohol motifs (C(OH)–C–C–N with tert-alkyl or cyclic N) is 1. The fourth-order valence-electron chi connectivity index (χ4n) is 7.57. The molecule has 4 heterocycles. The summed E-state index contributed by atoms with van der Waals surface area (Å²) in [5.41, 5.74) is 0.0292. The van der Waals surface area contributed by atoms with Crippen molar-refractivity contribution in [3.8, 4) is 5.88 Å². The van der Waals surface area contributed by atoms with Gasteiger partial charge in [0.2, 0.25) is 5.88 Å². The minimum absolute atomic E-state index is 0.145. The van der Waals surface area contributed by atoms with Gasteiger partial charge in [0.25, 0.3) is 0 Å². The molecule has 6 rings (SSSR count). The topological polar surface area (TPSA) is 94.4 Å². The molecule has 0 spiro atoms. The zero-order valence-corrected chi connectivity index (χ0v) is 30.9. The molecular weight excluding hydrogens is 659 g/mol. The number of rotatable bonds is 6. The van der Waals surface area contributed by atoms with Gasteiger partial charge in [-0.15, -0.1) is 0 Å². The number of piperidine rings is 2. The summed E-state index contributed by atoms with van der Waals surface area (Å²) in [5, 5.41) is 11.6. The first-order valence-electron chi connectivity index (χ1n) is 17.4. The van der Waals surface area contributed by atoms with Crippen LogP contribution in [0.2, 0.25) is 10.0 Å². The summed E-state index contributed by atoms with van der Waals surface area (Å²) in [4.78, 5) is 36.6. The summed E-state index contributed by atoms with van der Waals surface area (Å²) in [7, 11) is 0. The molecule has 3 aromatic rings. The average molecular weight is 708 g/mol. The summed E-state index contributed by atoms with van der Waals surface area (Å²) in [6.07, 6.45) is 4.98. The number of aliphatic hydroxyl groups is 1. The summed E-state index contributed by atoms with van der Waals surface area (Å²) in [6.45, 7) is 15.5. The van der Waals surface area contributed by atoms with E-state index in [1.165, 1.54) is 0 Å². The van der Waals surface area contributed by atoms with Crippen LogP contribution < -0.4 is 4.74 Å². The molecule has 0 saturated carbocycles. The second kappa shape index (κ2) is 13.8. The predicted octanol–water partition coefficient (Wildman–Crippen LogP) is 7.41. The Morgan fingerprint density at radius 2 is 1.57 bits per heavy atom. The molecular formula is C38H48Cl2N6O3. The number of carbonyl (C=O) groups is 1. The van der Waals surface area contributed by atoms with Crippen molar-refractivity contribution in [2.45, 2.75) is 95.9 Å². The van der Waals surface area contributed by atoms with E-state index >= 15 is 4.79 Å². The van der Waals surface area contributed by atoms with Gasteiger partial charge in [0.15, 0.2) is 0 Å². The molecule has 0 radical (unpaired) electrons. The number of aromatic nitrogens is 2. The Hall–Kier alpha value is -3.24.